The molecule has 0 aliphatic heterocycles. The molecule has 3 rings (SSSR count). The van der Waals surface area contributed by atoms with Crippen molar-refractivity contribution >= 4 is 23.4 Å². The molecule has 1 amide bonds. The van der Waals surface area contributed by atoms with Gasteiger partial charge < -0.3 is 15.0 Å². The van der Waals surface area contributed by atoms with Gasteiger partial charge in [-0.05, 0) is 56.6 Å². The Balaban J connectivity index is 1.66. The summed E-state index contributed by atoms with van der Waals surface area (Å²) in [6.45, 7) is 7.71. The van der Waals surface area contributed by atoms with E-state index in [1.807, 2.05) is 4.57 Å². The summed E-state index contributed by atoms with van der Waals surface area (Å²) in [5.41, 5.74) is 2.74. The Morgan fingerprint density at radius 1 is 1.23 bits per heavy atom. The second-order valence-electron chi connectivity index (χ2n) is 7.22. The molecule has 1 aliphatic rings. The van der Waals surface area contributed by atoms with Gasteiger partial charge in [0.25, 0.3) is 0 Å². The van der Waals surface area contributed by atoms with E-state index in [1.165, 1.54) is 11.8 Å². The SMILES string of the molecule is CCN(CC)CCn1c2c(c(SCC(=O)Nc3ccc(OC)cc3)nc1=O)CCC2. The number of methoxy groups -OCH3 is 1. The lowest BCUT2D eigenvalue weighted by atomic mass is 10.2. The number of anilines is 1. The number of hydrogen-bond acceptors (Lipinski definition) is 6. The number of carbonyl (C=O) groups is 1. The summed E-state index contributed by atoms with van der Waals surface area (Å²) in [5.74, 6) is 0.835. The Hall–Kier alpha value is -2.32. The lowest BCUT2D eigenvalue weighted by Gasteiger charge is -2.20. The van der Waals surface area contributed by atoms with Crippen LogP contribution in [-0.2, 0) is 24.2 Å². The van der Waals surface area contributed by atoms with Gasteiger partial charge in [-0.3, -0.25) is 9.36 Å². The van der Waals surface area contributed by atoms with E-state index in [1.54, 1.807) is 31.4 Å². The topological polar surface area (TPSA) is 76.5 Å². The number of nitrogens with one attached hydrogen (secondary N) is 1. The molecule has 0 radical (unpaired) electrons. The van der Waals surface area contributed by atoms with E-state index >= 15 is 0 Å². The fraction of sp³-hybridized carbons (Fsp3) is 0.500. The van der Waals surface area contributed by atoms with E-state index in [0.717, 1.165) is 55.9 Å². The number of thioether (sulfide) groups is 1. The van der Waals surface area contributed by atoms with Crippen molar-refractivity contribution in [2.75, 3.05) is 37.8 Å². The van der Waals surface area contributed by atoms with Crippen molar-refractivity contribution in [3.05, 3.63) is 46.0 Å². The number of fused-ring (bicyclic) bond motifs is 1. The van der Waals surface area contributed by atoms with Crippen LogP contribution in [0.4, 0.5) is 5.69 Å². The fourth-order valence-electron chi connectivity index (χ4n) is 3.72. The zero-order chi connectivity index (χ0) is 21.5. The minimum Gasteiger partial charge on any atom is -0.497 e. The van der Waals surface area contributed by atoms with Gasteiger partial charge in [0.15, 0.2) is 0 Å². The van der Waals surface area contributed by atoms with Gasteiger partial charge in [-0.25, -0.2) is 4.79 Å². The number of nitrogens with zero attached hydrogens (tertiary/aromatic N) is 3. The maximum atomic E-state index is 12.7. The van der Waals surface area contributed by atoms with Crippen LogP contribution in [0.15, 0.2) is 34.1 Å². The van der Waals surface area contributed by atoms with Crippen LogP contribution in [0.25, 0.3) is 0 Å². The number of rotatable bonds is 10. The molecule has 30 heavy (non-hydrogen) atoms. The van der Waals surface area contributed by atoms with Crippen molar-refractivity contribution in [1.82, 2.24) is 14.5 Å². The van der Waals surface area contributed by atoms with Crippen molar-refractivity contribution in [3.63, 3.8) is 0 Å². The molecular formula is C22H30N4O3S. The normalized spacial score (nSPS) is 12.8. The van der Waals surface area contributed by atoms with E-state index in [-0.39, 0.29) is 17.3 Å². The number of aromatic nitrogens is 2. The van der Waals surface area contributed by atoms with Gasteiger partial charge >= 0.3 is 5.69 Å². The van der Waals surface area contributed by atoms with Crippen LogP contribution < -0.4 is 15.7 Å². The van der Waals surface area contributed by atoms with Crippen LogP contribution in [0.2, 0.25) is 0 Å². The second-order valence-corrected chi connectivity index (χ2v) is 8.19. The van der Waals surface area contributed by atoms with Crippen LogP contribution in [0, 0.1) is 0 Å². The first kappa shape index (κ1) is 22.4. The molecule has 8 heteroatoms. The van der Waals surface area contributed by atoms with Crippen LogP contribution in [-0.4, -0.2) is 52.9 Å². The summed E-state index contributed by atoms with van der Waals surface area (Å²) < 4.78 is 6.96. The molecule has 1 N–H and O–H groups in total. The summed E-state index contributed by atoms with van der Waals surface area (Å²) in [7, 11) is 1.60. The summed E-state index contributed by atoms with van der Waals surface area (Å²) in [5, 5.41) is 3.58. The average molecular weight is 431 g/mol. The van der Waals surface area contributed by atoms with Gasteiger partial charge in [-0.15, -0.1) is 0 Å². The first-order valence-corrected chi connectivity index (χ1v) is 11.5. The van der Waals surface area contributed by atoms with E-state index in [4.69, 9.17) is 4.74 Å². The molecular weight excluding hydrogens is 400 g/mol. The van der Waals surface area contributed by atoms with E-state index in [9.17, 15) is 9.59 Å². The van der Waals surface area contributed by atoms with Crippen molar-refractivity contribution in [3.8, 4) is 5.75 Å². The first-order valence-electron chi connectivity index (χ1n) is 10.5. The van der Waals surface area contributed by atoms with Crippen molar-refractivity contribution in [2.45, 2.75) is 44.7 Å². The Morgan fingerprint density at radius 2 is 1.97 bits per heavy atom. The maximum absolute atomic E-state index is 12.7. The van der Waals surface area contributed by atoms with E-state index < -0.39 is 0 Å². The van der Waals surface area contributed by atoms with Gasteiger partial charge in [-0.2, -0.15) is 4.98 Å². The Bertz CT molecular complexity index is 923. The monoisotopic (exact) mass is 430 g/mol. The molecule has 0 fully saturated rings. The molecule has 0 unspecified atom stereocenters. The standard InChI is InChI=1S/C22H30N4O3S/c1-4-25(5-2)13-14-26-19-8-6-7-18(19)21(24-22(26)28)30-15-20(27)23-16-9-11-17(29-3)12-10-16/h9-12H,4-8,13-15H2,1-3H3,(H,23,27). The third-order valence-electron chi connectivity index (χ3n) is 5.45. The highest BCUT2D eigenvalue weighted by Gasteiger charge is 2.22. The Kier molecular flexibility index (Phi) is 7.93. The molecule has 7 nitrogen and oxygen atoms in total. The molecule has 0 atom stereocenters. The zero-order valence-electron chi connectivity index (χ0n) is 17.9. The van der Waals surface area contributed by atoms with Crippen LogP contribution >= 0.6 is 11.8 Å². The number of amides is 1. The fourth-order valence-corrected chi connectivity index (χ4v) is 4.60. The zero-order valence-corrected chi connectivity index (χ0v) is 18.8. The van der Waals surface area contributed by atoms with Gasteiger partial charge in [0.1, 0.15) is 10.8 Å². The highest BCUT2D eigenvalue weighted by Crippen LogP contribution is 2.29. The molecule has 0 bridgehead atoms. The summed E-state index contributed by atoms with van der Waals surface area (Å²) in [4.78, 5) is 31.7. The summed E-state index contributed by atoms with van der Waals surface area (Å²) >= 11 is 1.35. The lowest BCUT2D eigenvalue weighted by molar-refractivity contribution is -0.113. The molecule has 0 saturated carbocycles. The quantitative estimate of drug-likeness (QED) is 0.461. The smallest absolute Gasteiger partial charge is 0.348 e. The summed E-state index contributed by atoms with van der Waals surface area (Å²) in [6.07, 6.45) is 2.84. The van der Waals surface area contributed by atoms with Crippen molar-refractivity contribution in [2.24, 2.45) is 0 Å². The van der Waals surface area contributed by atoms with Gasteiger partial charge in [0, 0.05) is 30.0 Å². The van der Waals surface area contributed by atoms with Crippen molar-refractivity contribution < 1.29 is 9.53 Å². The second kappa shape index (κ2) is 10.6. The number of carbonyl (C=O) groups excluding carboxylic acids is 1. The predicted octanol–water partition coefficient (Wildman–Crippen LogP) is 2.81. The minimum atomic E-state index is -0.208. The number of benzene rings is 1. The number of likely N-dealkylation sites (N-methyl/N-ethyl adjacent to an activating group) is 1. The molecule has 1 aromatic carbocycles. The highest BCUT2D eigenvalue weighted by atomic mass is 32.2. The van der Waals surface area contributed by atoms with E-state index in [0.29, 0.717) is 17.3 Å². The molecule has 162 valence electrons. The number of hydrogen-bond donors (Lipinski definition) is 1. The van der Waals surface area contributed by atoms with Gasteiger partial charge in [0.05, 0.1) is 12.9 Å². The third-order valence-corrected chi connectivity index (χ3v) is 6.47. The van der Waals surface area contributed by atoms with E-state index in [2.05, 4.69) is 29.0 Å². The Labute approximate surface area is 181 Å². The van der Waals surface area contributed by atoms with Crippen molar-refractivity contribution in [1.29, 1.82) is 0 Å². The molecule has 1 heterocycles. The third kappa shape index (κ3) is 5.43. The Morgan fingerprint density at radius 3 is 2.63 bits per heavy atom. The van der Waals surface area contributed by atoms with Gasteiger partial charge in [0.2, 0.25) is 5.91 Å². The molecule has 0 spiro atoms. The molecule has 2 aromatic rings. The van der Waals surface area contributed by atoms with Gasteiger partial charge in [-0.1, -0.05) is 25.6 Å². The van der Waals surface area contributed by atoms with Crippen LogP contribution in [0.5, 0.6) is 5.75 Å². The van der Waals surface area contributed by atoms with Crippen LogP contribution in [0.1, 0.15) is 31.5 Å². The molecule has 0 saturated heterocycles. The minimum absolute atomic E-state index is 0.121. The number of ether oxygens (including phenoxy) is 1. The average Bonchev–Trinajstić information content (AvgIpc) is 3.24. The van der Waals surface area contributed by atoms with Crippen LogP contribution in [0.3, 0.4) is 0 Å². The molecule has 1 aromatic heterocycles. The largest absolute Gasteiger partial charge is 0.497 e. The molecule has 1 aliphatic carbocycles. The maximum Gasteiger partial charge on any atom is 0.348 e. The lowest BCUT2D eigenvalue weighted by Crippen LogP contribution is -2.34. The first-order chi connectivity index (χ1) is 14.5. The predicted molar refractivity (Wildman–Crippen MR) is 121 cm³/mol. The summed E-state index contributed by atoms with van der Waals surface area (Å²) in [6, 6.07) is 7.20. The highest BCUT2D eigenvalue weighted by molar-refractivity contribution is 8.00.